The maximum absolute atomic E-state index is 13.7. The molecule has 0 aromatic heterocycles. The first-order valence-electron chi connectivity index (χ1n) is 10.8. The number of hydrogen-bond donors (Lipinski definition) is 1. The van der Waals surface area contributed by atoms with E-state index in [4.69, 9.17) is 9.47 Å². The van der Waals surface area contributed by atoms with Gasteiger partial charge in [0.05, 0.1) is 11.4 Å². The summed E-state index contributed by atoms with van der Waals surface area (Å²) in [5.41, 5.74) is 0. The van der Waals surface area contributed by atoms with Gasteiger partial charge in [-0.05, 0) is 55.7 Å². The minimum Gasteiger partial charge on any atom is -0.492 e. The van der Waals surface area contributed by atoms with Crippen molar-refractivity contribution >= 4 is 15.9 Å². The first-order valence-corrected chi connectivity index (χ1v) is 12.3. The number of halogens is 1. The highest BCUT2D eigenvalue weighted by Crippen LogP contribution is 2.22. The average Bonchev–Trinajstić information content (AvgIpc) is 2.82. The number of carbonyl (C=O) groups excluding carboxylic acids is 1. The molecular formula is C23H29FN2O5S. The number of benzene rings is 2. The lowest BCUT2D eigenvalue weighted by Crippen LogP contribution is -2.39. The number of para-hydroxylation sites is 1. The quantitative estimate of drug-likeness (QED) is 0.545. The van der Waals surface area contributed by atoms with E-state index >= 15 is 0 Å². The van der Waals surface area contributed by atoms with Gasteiger partial charge in [0.15, 0.2) is 17.7 Å². The van der Waals surface area contributed by atoms with Gasteiger partial charge in [-0.3, -0.25) is 4.79 Å². The molecule has 9 heteroatoms. The Bertz CT molecular complexity index is 992. The standard InChI is InChI=1S/C23H29FN2O5S/c1-2-21(31-22-9-5-4-8-20(22)24)23(27)25-14-17-30-18-10-12-19(13-11-18)32(28,29)26-15-6-3-7-16-26/h4-5,8-13,21H,2-3,6-7,14-17H2,1H3,(H,25,27)/t21-/m1/s1. The van der Waals surface area contributed by atoms with Crippen LogP contribution in [0.5, 0.6) is 11.5 Å². The molecule has 2 aromatic rings. The first kappa shape index (κ1) is 24.0. The summed E-state index contributed by atoms with van der Waals surface area (Å²) in [5, 5.41) is 2.71. The molecule has 1 amide bonds. The molecule has 1 heterocycles. The monoisotopic (exact) mass is 464 g/mol. The third kappa shape index (κ3) is 6.20. The Morgan fingerprint density at radius 2 is 1.78 bits per heavy atom. The van der Waals surface area contributed by atoms with E-state index in [1.807, 2.05) is 0 Å². The van der Waals surface area contributed by atoms with Crippen molar-refractivity contribution in [3.05, 3.63) is 54.3 Å². The molecule has 174 valence electrons. The minimum atomic E-state index is -3.48. The number of rotatable bonds is 10. The highest BCUT2D eigenvalue weighted by Gasteiger charge is 2.25. The summed E-state index contributed by atoms with van der Waals surface area (Å²) in [6.45, 7) is 3.31. The molecule has 0 saturated carbocycles. The predicted octanol–water partition coefficient (Wildman–Crippen LogP) is 3.35. The van der Waals surface area contributed by atoms with Gasteiger partial charge in [-0.2, -0.15) is 4.31 Å². The maximum atomic E-state index is 13.7. The van der Waals surface area contributed by atoms with E-state index in [0.29, 0.717) is 25.3 Å². The Kier molecular flexibility index (Phi) is 8.46. The molecule has 1 aliphatic rings. The van der Waals surface area contributed by atoms with Crippen molar-refractivity contribution in [3.8, 4) is 11.5 Å². The molecule has 32 heavy (non-hydrogen) atoms. The van der Waals surface area contributed by atoms with Gasteiger partial charge in [0.2, 0.25) is 10.0 Å². The lowest BCUT2D eigenvalue weighted by Gasteiger charge is -2.25. The van der Waals surface area contributed by atoms with Crippen LogP contribution in [0.15, 0.2) is 53.4 Å². The third-order valence-corrected chi connectivity index (χ3v) is 7.13. The van der Waals surface area contributed by atoms with E-state index in [-0.39, 0.29) is 29.7 Å². The zero-order valence-electron chi connectivity index (χ0n) is 18.1. The molecule has 1 fully saturated rings. The summed E-state index contributed by atoms with van der Waals surface area (Å²) in [4.78, 5) is 12.6. The molecule has 1 aliphatic heterocycles. The molecule has 0 unspecified atom stereocenters. The van der Waals surface area contributed by atoms with Crippen LogP contribution in [0.4, 0.5) is 4.39 Å². The highest BCUT2D eigenvalue weighted by molar-refractivity contribution is 7.89. The fraction of sp³-hybridized carbons (Fsp3) is 0.435. The second kappa shape index (κ2) is 11.3. The van der Waals surface area contributed by atoms with Crippen LogP contribution in [0.1, 0.15) is 32.6 Å². The summed E-state index contributed by atoms with van der Waals surface area (Å²) in [7, 11) is -3.48. The van der Waals surface area contributed by atoms with Crippen molar-refractivity contribution in [2.45, 2.75) is 43.6 Å². The van der Waals surface area contributed by atoms with Crippen LogP contribution < -0.4 is 14.8 Å². The molecule has 1 saturated heterocycles. The van der Waals surface area contributed by atoms with Gasteiger partial charge in [-0.1, -0.05) is 25.5 Å². The van der Waals surface area contributed by atoms with Crippen molar-refractivity contribution in [1.82, 2.24) is 9.62 Å². The van der Waals surface area contributed by atoms with E-state index in [9.17, 15) is 17.6 Å². The van der Waals surface area contributed by atoms with Gasteiger partial charge < -0.3 is 14.8 Å². The van der Waals surface area contributed by atoms with Gasteiger partial charge >= 0.3 is 0 Å². The number of piperidine rings is 1. The molecule has 0 bridgehead atoms. The maximum Gasteiger partial charge on any atom is 0.261 e. The second-order valence-corrected chi connectivity index (χ2v) is 9.46. The summed E-state index contributed by atoms with van der Waals surface area (Å²) in [6, 6.07) is 12.2. The van der Waals surface area contributed by atoms with Crippen molar-refractivity contribution in [3.63, 3.8) is 0 Å². The Labute approximate surface area is 188 Å². The van der Waals surface area contributed by atoms with Crippen LogP contribution in [0.2, 0.25) is 0 Å². The van der Waals surface area contributed by atoms with Crippen LogP contribution in [-0.2, 0) is 14.8 Å². The van der Waals surface area contributed by atoms with Gasteiger partial charge in [-0.25, -0.2) is 12.8 Å². The van der Waals surface area contributed by atoms with E-state index in [2.05, 4.69) is 5.32 Å². The van der Waals surface area contributed by atoms with Crippen LogP contribution in [0.25, 0.3) is 0 Å². The average molecular weight is 465 g/mol. The van der Waals surface area contributed by atoms with Crippen molar-refractivity contribution < 1.29 is 27.1 Å². The number of ether oxygens (including phenoxy) is 2. The van der Waals surface area contributed by atoms with Crippen LogP contribution in [0.3, 0.4) is 0 Å². The van der Waals surface area contributed by atoms with E-state index in [1.165, 1.54) is 28.6 Å². The fourth-order valence-electron chi connectivity index (χ4n) is 3.43. The molecule has 7 nitrogen and oxygen atoms in total. The van der Waals surface area contributed by atoms with Gasteiger partial charge in [0.1, 0.15) is 12.4 Å². The normalized spacial score (nSPS) is 15.7. The zero-order valence-corrected chi connectivity index (χ0v) is 18.9. The molecule has 3 rings (SSSR count). The number of amides is 1. The zero-order chi connectivity index (χ0) is 23.0. The summed E-state index contributed by atoms with van der Waals surface area (Å²) in [5.74, 6) is -0.341. The molecule has 2 aromatic carbocycles. The van der Waals surface area contributed by atoms with Gasteiger partial charge in [0.25, 0.3) is 5.91 Å². The molecule has 1 N–H and O–H groups in total. The number of nitrogens with one attached hydrogen (secondary N) is 1. The summed E-state index contributed by atoms with van der Waals surface area (Å²) >= 11 is 0. The molecule has 1 atom stereocenters. The van der Waals surface area contributed by atoms with Crippen LogP contribution in [0, 0.1) is 5.82 Å². The number of carbonyl (C=O) groups is 1. The molecule has 0 spiro atoms. The van der Waals surface area contributed by atoms with E-state index in [1.54, 1.807) is 31.2 Å². The van der Waals surface area contributed by atoms with E-state index < -0.39 is 21.9 Å². The minimum absolute atomic E-state index is 0.0327. The van der Waals surface area contributed by atoms with E-state index in [0.717, 1.165) is 19.3 Å². The van der Waals surface area contributed by atoms with Crippen molar-refractivity contribution in [1.29, 1.82) is 0 Å². The van der Waals surface area contributed by atoms with Gasteiger partial charge in [0, 0.05) is 13.1 Å². The smallest absolute Gasteiger partial charge is 0.261 e. The summed E-state index contributed by atoms with van der Waals surface area (Å²) < 4.78 is 51.7. The topological polar surface area (TPSA) is 84.9 Å². The SMILES string of the molecule is CC[C@@H](Oc1ccccc1F)C(=O)NCCOc1ccc(S(=O)(=O)N2CCCCC2)cc1. The Balaban J connectivity index is 1.45. The Morgan fingerprint density at radius 3 is 2.44 bits per heavy atom. The predicted molar refractivity (Wildman–Crippen MR) is 119 cm³/mol. The fourth-order valence-corrected chi connectivity index (χ4v) is 4.95. The Morgan fingerprint density at radius 1 is 1.09 bits per heavy atom. The largest absolute Gasteiger partial charge is 0.492 e. The number of hydrogen-bond acceptors (Lipinski definition) is 5. The van der Waals surface area contributed by atoms with Crippen molar-refractivity contribution in [2.75, 3.05) is 26.2 Å². The lowest BCUT2D eigenvalue weighted by atomic mass is 10.2. The highest BCUT2D eigenvalue weighted by atomic mass is 32.2. The summed E-state index contributed by atoms with van der Waals surface area (Å²) in [6.07, 6.45) is 2.40. The van der Waals surface area contributed by atoms with Gasteiger partial charge in [-0.15, -0.1) is 0 Å². The third-order valence-electron chi connectivity index (χ3n) is 5.22. The van der Waals surface area contributed by atoms with Crippen LogP contribution >= 0.6 is 0 Å². The lowest BCUT2D eigenvalue weighted by molar-refractivity contribution is -0.128. The second-order valence-electron chi connectivity index (χ2n) is 7.52. The molecular weight excluding hydrogens is 435 g/mol. The number of sulfonamides is 1. The van der Waals surface area contributed by atoms with Crippen LogP contribution in [-0.4, -0.2) is 51.0 Å². The number of nitrogens with zero attached hydrogens (tertiary/aromatic N) is 1. The molecule has 0 aliphatic carbocycles. The van der Waals surface area contributed by atoms with Crippen molar-refractivity contribution in [2.24, 2.45) is 0 Å². The Hall–Kier alpha value is -2.65. The first-order chi connectivity index (χ1) is 15.4. The molecule has 0 radical (unpaired) electrons.